The summed E-state index contributed by atoms with van der Waals surface area (Å²) in [5, 5.41) is 22.5. The van der Waals surface area contributed by atoms with Crippen molar-refractivity contribution in [1.82, 2.24) is 0 Å². The fraction of sp³-hybridized carbons (Fsp3) is 0.148. The summed E-state index contributed by atoms with van der Waals surface area (Å²) in [6.45, 7) is 22.5. The van der Waals surface area contributed by atoms with E-state index in [4.69, 9.17) is 17.7 Å². The standard InChI is InChI=1S/C122H98N4O4/c1-11-13-33-81-35-23-39-87-89-43-27-49-107(119(89)127-115(81)87)123(99-45-19-15-29-73(99)7)103-63-55-77-53-61-95-105(65-57-79-51-59-93(103)111(77)113(79)95)125(101-47-21-17-31-75(101)9)109-69-83(67-97-91-40-24-36-82(34-14-12-2)116(91)128-121(97)109)84-68-98-92-42-26-38-86(72(5)6)118(92)130-122(98)110(70-84)126(102-48-22-18-32-76(102)10)106-66-58-80-52-60-94-104(64-56-78-54-62-96(106)114(80)112(78)94)124(100-46-20-16-30-74(100)8)108-50-28-44-90-88-41-25-37-85(71(3)4)117(88)129-120(90)108/h15-32,35-72H,11-14,33-34H2,1-10H3. The lowest BCUT2D eigenvalue weighted by Gasteiger charge is -2.31. The Bertz CT molecular complexity index is 8710. The predicted molar refractivity (Wildman–Crippen MR) is 551 cm³/mol. The van der Waals surface area contributed by atoms with Crippen molar-refractivity contribution < 1.29 is 17.7 Å². The van der Waals surface area contributed by atoms with Crippen LogP contribution in [0.2, 0.25) is 0 Å². The molecule has 0 amide bonds. The molecule has 0 saturated carbocycles. The monoisotopic (exact) mass is 1680 g/mol. The molecular formula is C122H98N4O4. The normalized spacial score (nSPS) is 12.2. The number of furan rings is 4. The average molecular weight is 1680 g/mol. The minimum absolute atomic E-state index is 0.171. The molecule has 4 heterocycles. The molecule has 0 aliphatic carbocycles. The predicted octanol–water partition coefficient (Wildman–Crippen LogP) is 36.8. The second-order valence-electron chi connectivity index (χ2n) is 36.7. The molecule has 0 saturated heterocycles. The largest absolute Gasteiger partial charge is 0.454 e. The summed E-state index contributed by atoms with van der Waals surface area (Å²) in [5.41, 5.74) is 30.7. The first-order valence-electron chi connectivity index (χ1n) is 46.4. The van der Waals surface area contributed by atoms with Crippen molar-refractivity contribution >= 4 is 221 Å². The summed E-state index contributed by atoms with van der Waals surface area (Å²) in [5.74, 6) is 0.445. The fourth-order valence-corrected chi connectivity index (χ4v) is 21.7. The van der Waals surface area contributed by atoms with Crippen LogP contribution in [0.4, 0.5) is 68.2 Å². The Morgan fingerprint density at radius 1 is 0.215 bits per heavy atom. The average Bonchev–Trinajstić information content (AvgIpc) is 1.44. The quantitative estimate of drug-likeness (QED) is 0.0660. The van der Waals surface area contributed by atoms with Crippen LogP contribution in [-0.4, -0.2) is 0 Å². The lowest BCUT2D eigenvalue weighted by Crippen LogP contribution is -2.13. The SMILES string of the molecule is CCCCc1cccc2c1oc1c(N(c3ccccc3C)c3ccc4ccc5c(N(c6ccccc6C)c6cc(-c7cc(N(c8ccccc8C)c8ccc9ccc%10c(N(c%11ccccc%11C)c%11cccc%12c%11oc%11c(C(C)C)cccc%11%12)ccc%11ccc8c9c%11%10)c8oc9c(C(C)C)cccc9c8c7)cc7c6oc6c(CCCC)cccc67)ccc6ccc3c4c65)cccc12. The highest BCUT2D eigenvalue weighted by molar-refractivity contribution is 6.31. The maximum Gasteiger partial charge on any atom is 0.159 e. The maximum atomic E-state index is 7.76. The number of benzene rings is 20. The van der Waals surface area contributed by atoms with Gasteiger partial charge < -0.3 is 37.3 Å². The van der Waals surface area contributed by atoms with E-state index in [1.165, 1.54) is 38.2 Å². The van der Waals surface area contributed by atoms with Gasteiger partial charge in [0.15, 0.2) is 22.3 Å². The van der Waals surface area contributed by atoms with Gasteiger partial charge in [0.25, 0.3) is 0 Å². The molecule has 0 bridgehead atoms. The molecule has 0 fully saturated rings. The van der Waals surface area contributed by atoms with Crippen LogP contribution in [0.5, 0.6) is 0 Å². The zero-order valence-electron chi connectivity index (χ0n) is 75.0. The van der Waals surface area contributed by atoms with Crippen LogP contribution < -0.4 is 19.6 Å². The lowest BCUT2D eigenvalue weighted by atomic mass is 9.91. The Hall–Kier alpha value is -15.1. The van der Waals surface area contributed by atoms with Crippen LogP contribution in [0.1, 0.15) is 124 Å². The van der Waals surface area contributed by atoms with Gasteiger partial charge in [-0.1, -0.05) is 297 Å². The van der Waals surface area contributed by atoms with E-state index in [0.29, 0.717) is 0 Å². The molecule has 0 N–H and O–H groups in total. The van der Waals surface area contributed by atoms with Gasteiger partial charge in [0.05, 0.1) is 45.5 Å². The van der Waals surface area contributed by atoms with Crippen LogP contribution in [0, 0.1) is 27.7 Å². The number of anilines is 12. The van der Waals surface area contributed by atoms with Gasteiger partial charge in [-0.15, -0.1) is 0 Å². The van der Waals surface area contributed by atoms with Crippen LogP contribution in [0.3, 0.4) is 0 Å². The third-order valence-electron chi connectivity index (χ3n) is 28.2. The summed E-state index contributed by atoms with van der Waals surface area (Å²) in [4.78, 5) is 9.96. The molecule has 8 heteroatoms. The molecule has 0 aliphatic rings. The van der Waals surface area contributed by atoms with Crippen LogP contribution in [-0.2, 0) is 12.8 Å². The third-order valence-corrected chi connectivity index (χ3v) is 28.2. The lowest BCUT2D eigenvalue weighted by molar-refractivity contribution is 0.657. The minimum Gasteiger partial charge on any atom is -0.454 e. The van der Waals surface area contributed by atoms with E-state index in [1.54, 1.807) is 0 Å². The van der Waals surface area contributed by atoms with Gasteiger partial charge >= 0.3 is 0 Å². The molecule has 130 heavy (non-hydrogen) atoms. The molecule has 0 radical (unpaired) electrons. The number of unbranched alkanes of at least 4 members (excludes halogenated alkanes) is 2. The first-order valence-corrected chi connectivity index (χ1v) is 46.4. The van der Waals surface area contributed by atoms with Crippen LogP contribution >= 0.6 is 0 Å². The minimum atomic E-state index is 0.171. The smallest absolute Gasteiger partial charge is 0.159 e. The number of aryl methyl sites for hydroxylation is 6. The Morgan fingerprint density at radius 3 is 0.808 bits per heavy atom. The Labute approximate surface area is 755 Å². The van der Waals surface area contributed by atoms with E-state index in [-0.39, 0.29) is 11.8 Å². The van der Waals surface area contributed by atoms with E-state index >= 15 is 0 Å². The summed E-state index contributed by atoms with van der Waals surface area (Å²) in [6.07, 6.45) is 6.13. The van der Waals surface area contributed by atoms with E-state index in [9.17, 15) is 0 Å². The van der Waals surface area contributed by atoms with Crippen LogP contribution in [0.25, 0.3) is 164 Å². The highest BCUT2D eigenvalue weighted by Gasteiger charge is 2.33. The number of fused-ring (bicyclic) bond motifs is 12. The van der Waals surface area contributed by atoms with Gasteiger partial charge in [-0.3, -0.25) is 0 Å². The number of para-hydroxylation sites is 10. The molecule has 0 aliphatic heterocycles. The topological polar surface area (TPSA) is 65.5 Å². The third kappa shape index (κ3) is 12.2. The van der Waals surface area contributed by atoms with E-state index in [1.807, 2.05) is 0 Å². The number of hydrogen-bond acceptors (Lipinski definition) is 8. The van der Waals surface area contributed by atoms with Crippen molar-refractivity contribution in [3.8, 4) is 11.1 Å². The second kappa shape index (κ2) is 30.8. The molecule has 24 rings (SSSR count). The van der Waals surface area contributed by atoms with Crippen molar-refractivity contribution in [2.45, 2.75) is 120 Å². The molecule has 0 spiro atoms. The molecule has 0 unspecified atom stereocenters. The Kier molecular flexibility index (Phi) is 18.6. The molecule has 4 aromatic heterocycles. The molecule has 0 atom stereocenters. The highest BCUT2D eigenvalue weighted by atomic mass is 16.3. The molecule has 630 valence electrons. The van der Waals surface area contributed by atoms with Crippen LogP contribution in [0.15, 0.2) is 345 Å². The molecule has 8 nitrogen and oxygen atoms in total. The first kappa shape index (κ1) is 78.4. The molecule has 24 aromatic rings. The highest BCUT2D eigenvalue weighted by Crippen LogP contribution is 2.57. The van der Waals surface area contributed by atoms with E-state index in [2.05, 4.69) is 416 Å². The Morgan fingerprint density at radius 2 is 0.477 bits per heavy atom. The summed E-state index contributed by atoms with van der Waals surface area (Å²) in [6, 6.07) is 123. The zero-order valence-corrected chi connectivity index (χ0v) is 75.0. The van der Waals surface area contributed by atoms with E-state index < -0.39 is 0 Å². The summed E-state index contributed by atoms with van der Waals surface area (Å²) in [7, 11) is 0. The number of rotatable bonds is 21. The van der Waals surface area contributed by atoms with Crippen molar-refractivity contribution in [2.75, 3.05) is 19.6 Å². The van der Waals surface area contributed by atoms with E-state index in [0.717, 1.165) is 277 Å². The van der Waals surface area contributed by atoms with Gasteiger partial charge in [-0.25, -0.2) is 0 Å². The number of nitrogens with zero attached hydrogens (tertiary/aromatic N) is 4. The summed E-state index contributed by atoms with van der Waals surface area (Å²) >= 11 is 0. The van der Waals surface area contributed by atoms with Gasteiger partial charge in [-0.05, 0) is 249 Å². The van der Waals surface area contributed by atoms with Crippen molar-refractivity contribution in [1.29, 1.82) is 0 Å². The Balaban J connectivity index is 0.743. The zero-order chi connectivity index (χ0) is 87.6. The van der Waals surface area contributed by atoms with Crippen molar-refractivity contribution in [2.24, 2.45) is 0 Å². The molecule has 20 aromatic carbocycles. The summed E-state index contributed by atoms with van der Waals surface area (Å²) < 4.78 is 30.0. The van der Waals surface area contributed by atoms with Gasteiger partial charge in [-0.2, -0.15) is 0 Å². The number of hydrogen-bond donors (Lipinski definition) is 0. The molecular weight excluding hydrogens is 1590 g/mol. The second-order valence-corrected chi connectivity index (χ2v) is 36.7. The van der Waals surface area contributed by atoms with Gasteiger partial charge in [0.1, 0.15) is 22.3 Å². The van der Waals surface area contributed by atoms with Crippen molar-refractivity contribution in [3.63, 3.8) is 0 Å². The van der Waals surface area contributed by atoms with Gasteiger partial charge in [0.2, 0.25) is 0 Å². The maximum absolute atomic E-state index is 7.76. The van der Waals surface area contributed by atoms with Gasteiger partial charge in [0, 0.05) is 87.4 Å². The first-order chi connectivity index (χ1) is 63.7. The fourth-order valence-electron chi connectivity index (χ4n) is 21.7. The van der Waals surface area contributed by atoms with Crippen molar-refractivity contribution in [3.05, 3.63) is 372 Å².